The van der Waals surface area contributed by atoms with Crippen LogP contribution in [0.2, 0.25) is 0 Å². The standard InChI is InChI=1S/C10H14N4S/c1-7-9(11)14(5-4-13-7)10(12)8-3-2-6-15-8/h2-3,6-7,11-13H,4-5H2,1H3. The second-order valence-electron chi connectivity index (χ2n) is 3.54. The van der Waals surface area contributed by atoms with E-state index >= 15 is 0 Å². The van der Waals surface area contributed by atoms with Crippen molar-refractivity contribution in [1.29, 1.82) is 10.8 Å². The first kappa shape index (κ1) is 10.3. The molecule has 80 valence electrons. The van der Waals surface area contributed by atoms with Crippen LogP contribution in [0.3, 0.4) is 0 Å². The minimum atomic E-state index is 0.0408. The fourth-order valence-electron chi connectivity index (χ4n) is 1.62. The molecule has 1 aliphatic rings. The zero-order valence-corrected chi connectivity index (χ0v) is 9.40. The largest absolute Gasteiger partial charge is 0.312 e. The zero-order chi connectivity index (χ0) is 10.8. The fourth-order valence-corrected chi connectivity index (χ4v) is 2.31. The Balaban J connectivity index is 2.17. The lowest BCUT2D eigenvalue weighted by molar-refractivity contribution is 0.464. The van der Waals surface area contributed by atoms with E-state index in [0.717, 1.165) is 11.4 Å². The van der Waals surface area contributed by atoms with Crippen molar-refractivity contribution in [3.05, 3.63) is 22.4 Å². The Labute approximate surface area is 92.9 Å². The molecule has 0 radical (unpaired) electrons. The Kier molecular flexibility index (Phi) is 2.83. The van der Waals surface area contributed by atoms with E-state index in [1.54, 1.807) is 16.2 Å². The number of amidine groups is 2. The molecule has 0 aromatic carbocycles. The Morgan fingerprint density at radius 2 is 2.47 bits per heavy atom. The lowest BCUT2D eigenvalue weighted by Crippen LogP contribution is -2.55. The van der Waals surface area contributed by atoms with Crippen molar-refractivity contribution < 1.29 is 0 Å². The van der Waals surface area contributed by atoms with Gasteiger partial charge < -0.3 is 10.2 Å². The minimum Gasteiger partial charge on any atom is -0.312 e. The molecule has 0 aliphatic carbocycles. The van der Waals surface area contributed by atoms with Crippen LogP contribution in [-0.2, 0) is 0 Å². The third kappa shape index (κ3) is 1.93. The predicted molar refractivity (Wildman–Crippen MR) is 63.0 cm³/mol. The van der Waals surface area contributed by atoms with Gasteiger partial charge in [-0.1, -0.05) is 6.07 Å². The molecule has 1 aromatic heterocycles. The number of nitrogens with zero attached hydrogens (tertiary/aromatic N) is 1. The van der Waals surface area contributed by atoms with Gasteiger partial charge in [0.15, 0.2) is 0 Å². The lowest BCUT2D eigenvalue weighted by Gasteiger charge is -2.33. The van der Waals surface area contributed by atoms with Gasteiger partial charge in [-0.2, -0.15) is 0 Å². The van der Waals surface area contributed by atoms with Crippen LogP contribution in [0.15, 0.2) is 17.5 Å². The van der Waals surface area contributed by atoms with Crippen molar-refractivity contribution >= 4 is 23.0 Å². The number of hydrogen-bond donors (Lipinski definition) is 3. The molecule has 2 rings (SSSR count). The van der Waals surface area contributed by atoms with Gasteiger partial charge >= 0.3 is 0 Å². The molecular weight excluding hydrogens is 208 g/mol. The summed E-state index contributed by atoms with van der Waals surface area (Å²) in [7, 11) is 0. The van der Waals surface area contributed by atoms with Crippen LogP contribution in [0.4, 0.5) is 0 Å². The molecule has 1 unspecified atom stereocenters. The fraction of sp³-hybridized carbons (Fsp3) is 0.400. The minimum absolute atomic E-state index is 0.0408. The predicted octanol–water partition coefficient (Wildman–Crippen LogP) is 1.34. The average molecular weight is 222 g/mol. The summed E-state index contributed by atoms with van der Waals surface area (Å²) >= 11 is 1.54. The van der Waals surface area contributed by atoms with Crippen LogP contribution >= 0.6 is 11.3 Å². The van der Waals surface area contributed by atoms with Gasteiger partial charge in [0.05, 0.1) is 10.9 Å². The summed E-state index contributed by atoms with van der Waals surface area (Å²) in [5, 5.41) is 21.1. The van der Waals surface area contributed by atoms with Gasteiger partial charge in [0.1, 0.15) is 11.7 Å². The van der Waals surface area contributed by atoms with E-state index in [1.165, 1.54) is 0 Å². The van der Waals surface area contributed by atoms with Gasteiger partial charge in [-0.05, 0) is 18.4 Å². The van der Waals surface area contributed by atoms with Crippen LogP contribution in [0.5, 0.6) is 0 Å². The summed E-state index contributed by atoms with van der Waals surface area (Å²) in [5.41, 5.74) is 0. The quantitative estimate of drug-likeness (QED) is 0.496. The monoisotopic (exact) mass is 222 g/mol. The highest BCUT2D eigenvalue weighted by atomic mass is 32.1. The molecular formula is C10H14N4S. The maximum atomic E-state index is 8.03. The topological polar surface area (TPSA) is 63.0 Å². The molecule has 15 heavy (non-hydrogen) atoms. The highest BCUT2D eigenvalue weighted by molar-refractivity contribution is 7.12. The summed E-state index contributed by atoms with van der Waals surface area (Å²) in [6.07, 6.45) is 0. The summed E-state index contributed by atoms with van der Waals surface area (Å²) < 4.78 is 0. The van der Waals surface area contributed by atoms with Gasteiger partial charge in [0, 0.05) is 13.1 Å². The van der Waals surface area contributed by atoms with Crippen LogP contribution < -0.4 is 5.32 Å². The van der Waals surface area contributed by atoms with Gasteiger partial charge in [0.25, 0.3) is 0 Å². The van der Waals surface area contributed by atoms with E-state index in [2.05, 4.69) is 5.32 Å². The Hall–Kier alpha value is -1.20. The van der Waals surface area contributed by atoms with Crippen LogP contribution in [0.25, 0.3) is 0 Å². The van der Waals surface area contributed by atoms with E-state index in [0.29, 0.717) is 18.2 Å². The van der Waals surface area contributed by atoms with E-state index in [9.17, 15) is 0 Å². The third-order valence-corrected chi connectivity index (χ3v) is 3.39. The van der Waals surface area contributed by atoms with Gasteiger partial charge in [-0.3, -0.25) is 10.8 Å². The van der Waals surface area contributed by atoms with Gasteiger partial charge in [-0.25, -0.2) is 0 Å². The summed E-state index contributed by atoms with van der Waals surface area (Å²) in [6.45, 7) is 3.49. The molecule has 1 saturated heterocycles. The highest BCUT2D eigenvalue weighted by Gasteiger charge is 2.25. The van der Waals surface area contributed by atoms with Crippen molar-refractivity contribution in [1.82, 2.24) is 10.2 Å². The molecule has 0 spiro atoms. The molecule has 1 fully saturated rings. The van der Waals surface area contributed by atoms with E-state index in [4.69, 9.17) is 10.8 Å². The number of rotatable bonds is 1. The van der Waals surface area contributed by atoms with Crippen LogP contribution in [0.1, 0.15) is 11.8 Å². The molecule has 4 nitrogen and oxygen atoms in total. The zero-order valence-electron chi connectivity index (χ0n) is 8.58. The molecule has 1 aromatic rings. The Morgan fingerprint density at radius 3 is 3.13 bits per heavy atom. The highest BCUT2D eigenvalue weighted by Crippen LogP contribution is 2.14. The first-order chi connectivity index (χ1) is 7.20. The van der Waals surface area contributed by atoms with E-state index in [-0.39, 0.29) is 6.04 Å². The van der Waals surface area contributed by atoms with Crippen molar-refractivity contribution in [2.24, 2.45) is 0 Å². The molecule has 3 N–H and O–H groups in total. The number of nitrogens with one attached hydrogen (secondary N) is 3. The number of thiophene rings is 1. The van der Waals surface area contributed by atoms with Gasteiger partial charge in [0.2, 0.25) is 0 Å². The summed E-state index contributed by atoms with van der Waals surface area (Å²) in [5.74, 6) is 0.933. The first-order valence-corrected chi connectivity index (χ1v) is 5.80. The molecule has 1 atom stereocenters. The van der Waals surface area contributed by atoms with Crippen molar-refractivity contribution in [3.63, 3.8) is 0 Å². The van der Waals surface area contributed by atoms with Gasteiger partial charge in [-0.15, -0.1) is 11.3 Å². The average Bonchev–Trinajstić information content (AvgIpc) is 2.74. The maximum absolute atomic E-state index is 8.03. The molecule has 0 bridgehead atoms. The number of piperazine rings is 1. The smallest absolute Gasteiger partial charge is 0.143 e. The normalized spacial score (nSPS) is 21.8. The van der Waals surface area contributed by atoms with Crippen LogP contribution in [0, 0.1) is 10.8 Å². The summed E-state index contributed by atoms with van der Waals surface area (Å²) in [6, 6.07) is 3.90. The second-order valence-corrected chi connectivity index (χ2v) is 4.49. The Bertz CT molecular complexity index is 371. The van der Waals surface area contributed by atoms with Crippen molar-refractivity contribution in [2.75, 3.05) is 13.1 Å². The molecule has 1 aliphatic heterocycles. The maximum Gasteiger partial charge on any atom is 0.143 e. The Morgan fingerprint density at radius 1 is 1.67 bits per heavy atom. The SMILES string of the molecule is CC1NCCN(C(=N)c2cccs2)C1=N. The van der Waals surface area contributed by atoms with Crippen molar-refractivity contribution in [2.45, 2.75) is 13.0 Å². The second kappa shape index (κ2) is 4.12. The molecule has 0 saturated carbocycles. The number of hydrogen-bond acceptors (Lipinski definition) is 4. The lowest BCUT2D eigenvalue weighted by atomic mass is 10.2. The molecule has 5 heteroatoms. The molecule has 0 amide bonds. The van der Waals surface area contributed by atoms with E-state index < -0.39 is 0 Å². The van der Waals surface area contributed by atoms with Crippen LogP contribution in [-0.4, -0.2) is 35.7 Å². The van der Waals surface area contributed by atoms with Crippen molar-refractivity contribution in [3.8, 4) is 0 Å². The first-order valence-electron chi connectivity index (χ1n) is 4.92. The summed E-state index contributed by atoms with van der Waals surface area (Å²) in [4.78, 5) is 2.70. The molecule has 2 heterocycles. The third-order valence-electron chi connectivity index (χ3n) is 2.51. The van der Waals surface area contributed by atoms with E-state index in [1.807, 2.05) is 24.4 Å².